The Kier molecular flexibility index (Phi) is 3.57. The van der Waals surface area contributed by atoms with Gasteiger partial charge < -0.3 is 9.84 Å². The molecule has 2 aromatic rings. The number of nitrogens with zero attached hydrogens (tertiary/aromatic N) is 2. The van der Waals surface area contributed by atoms with Gasteiger partial charge in [0, 0.05) is 6.42 Å². The molecule has 0 unspecified atom stereocenters. The SMILES string of the molecule is CC(C)(C)OC(=O)n1c(CCO)nc2ccccc21. The van der Waals surface area contributed by atoms with Gasteiger partial charge in [0.1, 0.15) is 11.4 Å². The van der Waals surface area contributed by atoms with E-state index in [1.165, 1.54) is 4.57 Å². The topological polar surface area (TPSA) is 64.3 Å². The zero-order valence-corrected chi connectivity index (χ0v) is 11.4. The van der Waals surface area contributed by atoms with Gasteiger partial charge in [-0.15, -0.1) is 0 Å². The minimum atomic E-state index is -0.570. The van der Waals surface area contributed by atoms with Gasteiger partial charge in [-0.1, -0.05) is 12.1 Å². The lowest BCUT2D eigenvalue weighted by molar-refractivity contribution is 0.0538. The molecule has 1 aromatic carbocycles. The maximum absolute atomic E-state index is 12.3. The van der Waals surface area contributed by atoms with Crippen molar-refractivity contribution in [2.45, 2.75) is 32.8 Å². The molecule has 0 amide bonds. The molecule has 0 aliphatic heterocycles. The van der Waals surface area contributed by atoms with Gasteiger partial charge in [-0.05, 0) is 32.9 Å². The number of imidazole rings is 1. The van der Waals surface area contributed by atoms with Crippen LogP contribution in [0.25, 0.3) is 11.0 Å². The maximum Gasteiger partial charge on any atom is 0.420 e. The van der Waals surface area contributed by atoms with Crippen LogP contribution in [0.2, 0.25) is 0 Å². The van der Waals surface area contributed by atoms with Crippen LogP contribution in [0.3, 0.4) is 0 Å². The van der Waals surface area contributed by atoms with Crippen molar-refractivity contribution in [1.29, 1.82) is 0 Å². The fourth-order valence-electron chi connectivity index (χ4n) is 1.85. The Morgan fingerprint density at radius 2 is 2.05 bits per heavy atom. The van der Waals surface area contributed by atoms with Gasteiger partial charge in [0.25, 0.3) is 0 Å². The summed E-state index contributed by atoms with van der Waals surface area (Å²) in [5, 5.41) is 9.08. The number of fused-ring (bicyclic) bond motifs is 1. The van der Waals surface area contributed by atoms with E-state index in [-0.39, 0.29) is 6.61 Å². The summed E-state index contributed by atoms with van der Waals surface area (Å²) in [5.74, 6) is 0.512. The second-order valence-electron chi connectivity index (χ2n) is 5.31. The normalized spacial score (nSPS) is 11.8. The average molecular weight is 262 g/mol. The molecule has 19 heavy (non-hydrogen) atoms. The number of para-hydroxylation sites is 2. The lowest BCUT2D eigenvalue weighted by atomic mass is 10.2. The number of benzene rings is 1. The number of carbonyl (C=O) groups is 1. The van der Waals surface area contributed by atoms with Crippen LogP contribution in [0.4, 0.5) is 4.79 Å². The molecule has 0 saturated heterocycles. The van der Waals surface area contributed by atoms with Crippen LogP contribution in [-0.2, 0) is 11.2 Å². The standard InChI is InChI=1S/C14H18N2O3/c1-14(2,3)19-13(18)16-11-7-5-4-6-10(11)15-12(16)8-9-17/h4-7,17H,8-9H2,1-3H3. The highest BCUT2D eigenvalue weighted by Crippen LogP contribution is 2.19. The molecule has 1 heterocycles. The predicted molar refractivity (Wildman–Crippen MR) is 72.2 cm³/mol. The van der Waals surface area contributed by atoms with E-state index in [4.69, 9.17) is 9.84 Å². The molecule has 0 aliphatic carbocycles. The van der Waals surface area contributed by atoms with Crippen LogP contribution < -0.4 is 0 Å². The number of hydrogen-bond donors (Lipinski definition) is 1. The Morgan fingerprint density at radius 1 is 1.37 bits per heavy atom. The molecule has 0 saturated carbocycles. The monoisotopic (exact) mass is 262 g/mol. The van der Waals surface area contributed by atoms with Gasteiger partial charge in [0.15, 0.2) is 0 Å². The molecule has 0 spiro atoms. The number of aliphatic hydroxyl groups is 1. The Hall–Kier alpha value is -1.88. The van der Waals surface area contributed by atoms with Crippen molar-refractivity contribution in [1.82, 2.24) is 9.55 Å². The summed E-state index contributed by atoms with van der Waals surface area (Å²) in [6, 6.07) is 7.34. The molecular weight excluding hydrogens is 244 g/mol. The summed E-state index contributed by atoms with van der Waals surface area (Å²) in [4.78, 5) is 16.6. The lowest BCUT2D eigenvalue weighted by Gasteiger charge is -2.20. The molecular formula is C14H18N2O3. The minimum absolute atomic E-state index is 0.0634. The lowest BCUT2D eigenvalue weighted by Crippen LogP contribution is -2.28. The van der Waals surface area contributed by atoms with Gasteiger partial charge >= 0.3 is 6.09 Å². The van der Waals surface area contributed by atoms with Gasteiger partial charge in [0.05, 0.1) is 17.6 Å². The molecule has 0 bridgehead atoms. The number of rotatable bonds is 2. The van der Waals surface area contributed by atoms with E-state index in [1.807, 2.05) is 45.0 Å². The predicted octanol–water partition coefficient (Wildman–Crippen LogP) is 2.35. The van der Waals surface area contributed by atoms with E-state index in [1.54, 1.807) is 0 Å². The fourth-order valence-corrected chi connectivity index (χ4v) is 1.85. The van der Waals surface area contributed by atoms with Crippen molar-refractivity contribution >= 4 is 17.1 Å². The molecule has 0 atom stereocenters. The first-order chi connectivity index (χ1) is 8.92. The minimum Gasteiger partial charge on any atom is -0.443 e. The largest absolute Gasteiger partial charge is 0.443 e. The third-order valence-electron chi connectivity index (χ3n) is 2.54. The van der Waals surface area contributed by atoms with E-state index in [2.05, 4.69) is 4.98 Å². The second-order valence-corrected chi connectivity index (χ2v) is 5.31. The first-order valence-electron chi connectivity index (χ1n) is 6.23. The molecule has 2 rings (SSSR count). The van der Waals surface area contributed by atoms with Gasteiger partial charge in [-0.3, -0.25) is 0 Å². The van der Waals surface area contributed by atoms with Crippen molar-refractivity contribution in [3.63, 3.8) is 0 Å². The smallest absolute Gasteiger partial charge is 0.420 e. The zero-order chi connectivity index (χ0) is 14.0. The van der Waals surface area contributed by atoms with Crippen molar-refractivity contribution < 1.29 is 14.6 Å². The van der Waals surface area contributed by atoms with E-state index in [0.717, 1.165) is 5.52 Å². The summed E-state index contributed by atoms with van der Waals surface area (Å²) in [7, 11) is 0. The molecule has 1 aromatic heterocycles. The van der Waals surface area contributed by atoms with Gasteiger partial charge in [-0.25, -0.2) is 14.3 Å². The molecule has 1 N–H and O–H groups in total. The molecule has 0 fully saturated rings. The van der Waals surface area contributed by atoms with Crippen LogP contribution >= 0.6 is 0 Å². The third-order valence-corrected chi connectivity index (χ3v) is 2.54. The summed E-state index contributed by atoms with van der Waals surface area (Å²) >= 11 is 0. The Bertz CT molecular complexity index is 596. The fraction of sp³-hybridized carbons (Fsp3) is 0.429. The summed E-state index contributed by atoms with van der Waals surface area (Å²) < 4.78 is 6.81. The van der Waals surface area contributed by atoms with Crippen LogP contribution in [0.1, 0.15) is 26.6 Å². The van der Waals surface area contributed by atoms with E-state index in [0.29, 0.717) is 17.8 Å². The Labute approximate surface area is 111 Å². The van der Waals surface area contributed by atoms with Crippen LogP contribution in [0.5, 0.6) is 0 Å². The van der Waals surface area contributed by atoms with Gasteiger partial charge in [-0.2, -0.15) is 0 Å². The number of hydrogen-bond acceptors (Lipinski definition) is 4. The van der Waals surface area contributed by atoms with E-state index in [9.17, 15) is 4.79 Å². The summed E-state index contributed by atoms with van der Waals surface area (Å²) in [6.45, 7) is 5.38. The third kappa shape index (κ3) is 2.93. The molecule has 5 nitrogen and oxygen atoms in total. The Morgan fingerprint density at radius 3 is 2.68 bits per heavy atom. The summed E-state index contributed by atoms with van der Waals surface area (Å²) in [6.07, 6.45) is -0.155. The number of ether oxygens (including phenoxy) is 1. The molecule has 102 valence electrons. The molecule has 0 aliphatic rings. The van der Waals surface area contributed by atoms with Crippen LogP contribution in [-0.4, -0.2) is 33.0 Å². The highest BCUT2D eigenvalue weighted by atomic mass is 16.6. The quantitative estimate of drug-likeness (QED) is 0.902. The molecule has 0 radical (unpaired) electrons. The molecule has 5 heteroatoms. The highest BCUT2D eigenvalue weighted by Gasteiger charge is 2.22. The highest BCUT2D eigenvalue weighted by molar-refractivity contribution is 5.87. The first kappa shape index (κ1) is 13.5. The summed E-state index contributed by atoms with van der Waals surface area (Å²) in [5.41, 5.74) is 0.843. The zero-order valence-electron chi connectivity index (χ0n) is 11.4. The second kappa shape index (κ2) is 5.01. The Balaban J connectivity index is 2.50. The van der Waals surface area contributed by atoms with Crippen molar-refractivity contribution in [3.05, 3.63) is 30.1 Å². The average Bonchev–Trinajstić information content (AvgIpc) is 2.65. The van der Waals surface area contributed by atoms with Crippen molar-refractivity contribution in [2.24, 2.45) is 0 Å². The number of carbonyl (C=O) groups excluding carboxylic acids is 1. The van der Waals surface area contributed by atoms with E-state index >= 15 is 0 Å². The van der Waals surface area contributed by atoms with Gasteiger partial charge in [0.2, 0.25) is 0 Å². The first-order valence-corrected chi connectivity index (χ1v) is 6.23. The van der Waals surface area contributed by atoms with Crippen LogP contribution in [0, 0.1) is 0 Å². The van der Waals surface area contributed by atoms with E-state index < -0.39 is 11.7 Å². The number of aromatic nitrogens is 2. The van der Waals surface area contributed by atoms with Crippen molar-refractivity contribution in [3.8, 4) is 0 Å². The maximum atomic E-state index is 12.3. The van der Waals surface area contributed by atoms with Crippen LogP contribution in [0.15, 0.2) is 24.3 Å². The van der Waals surface area contributed by atoms with Crippen molar-refractivity contribution in [2.75, 3.05) is 6.61 Å². The number of aliphatic hydroxyl groups excluding tert-OH is 1.